The van der Waals surface area contributed by atoms with Crippen LogP contribution in [0.3, 0.4) is 0 Å². The second kappa shape index (κ2) is 2.86. The number of rotatable bonds is 2. The van der Waals surface area contributed by atoms with Crippen molar-refractivity contribution in [3.63, 3.8) is 0 Å². The van der Waals surface area contributed by atoms with Crippen molar-refractivity contribution in [3.05, 3.63) is 18.0 Å². The Hall–Kier alpha value is -0.900. The third kappa shape index (κ3) is 1.82. The number of aryl methyl sites for hydroxylation is 1. The highest BCUT2D eigenvalue weighted by Crippen LogP contribution is 2.26. The fraction of sp³-hybridized carbons (Fsp3) is 0.625. The van der Waals surface area contributed by atoms with Gasteiger partial charge in [-0.2, -0.15) is 5.10 Å². The van der Waals surface area contributed by atoms with Crippen molar-refractivity contribution in [2.45, 2.75) is 25.6 Å². The van der Waals surface area contributed by atoms with Gasteiger partial charge in [-0.05, 0) is 13.8 Å². The predicted octanol–water partition coefficient (Wildman–Crippen LogP) is 1.17. The Balaban J connectivity index is 2.85. The van der Waals surface area contributed by atoms with Crippen molar-refractivity contribution in [2.75, 3.05) is 0 Å². The van der Waals surface area contributed by atoms with Gasteiger partial charge in [-0.1, -0.05) is 0 Å². The summed E-state index contributed by atoms with van der Waals surface area (Å²) < 4.78 is 15.0. The minimum absolute atomic E-state index is 0.532. The molecule has 0 aliphatic heterocycles. The Morgan fingerprint density at radius 1 is 1.67 bits per heavy atom. The highest BCUT2D eigenvalue weighted by Gasteiger charge is 2.27. The van der Waals surface area contributed by atoms with Crippen LogP contribution >= 0.6 is 0 Å². The lowest BCUT2D eigenvalue weighted by Crippen LogP contribution is -2.37. The molecule has 0 amide bonds. The maximum absolute atomic E-state index is 13.5. The molecular weight excluding hydrogens is 157 g/mol. The largest absolute Gasteiger partial charge is 0.323 e. The van der Waals surface area contributed by atoms with E-state index < -0.39 is 11.7 Å². The first-order valence-electron chi connectivity index (χ1n) is 3.83. The molecule has 0 bridgehead atoms. The van der Waals surface area contributed by atoms with Crippen LogP contribution < -0.4 is 5.73 Å². The molecule has 1 heterocycles. The van der Waals surface area contributed by atoms with Gasteiger partial charge in [0.25, 0.3) is 0 Å². The summed E-state index contributed by atoms with van der Waals surface area (Å²) in [5.41, 5.74) is 5.30. The van der Waals surface area contributed by atoms with Crippen LogP contribution in [0.5, 0.6) is 0 Å². The first-order valence-corrected chi connectivity index (χ1v) is 3.83. The van der Waals surface area contributed by atoms with Gasteiger partial charge < -0.3 is 5.73 Å². The molecule has 0 saturated heterocycles. The fourth-order valence-corrected chi connectivity index (χ4v) is 1.00. The molecule has 0 radical (unpaired) electrons. The first-order chi connectivity index (χ1) is 5.41. The molecule has 1 aromatic rings. The van der Waals surface area contributed by atoms with Crippen LogP contribution in [0.15, 0.2) is 12.4 Å². The van der Waals surface area contributed by atoms with Crippen LogP contribution in [-0.2, 0) is 7.05 Å². The van der Waals surface area contributed by atoms with E-state index in [0.717, 1.165) is 0 Å². The molecule has 68 valence electrons. The molecule has 12 heavy (non-hydrogen) atoms. The van der Waals surface area contributed by atoms with E-state index >= 15 is 0 Å². The molecular formula is C8H14FN3. The Morgan fingerprint density at radius 3 is 2.58 bits per heavy atom. The van der Waals surface area contributed by atoms with Crippen LogP contribution in [0.2, 0.25) is 0 Å². The zero-order chi connectivity index (χ0) is 9.35. The maximum atomic E-state index is 13.5. The van der Waals surface area contributed by atoms with Gasteiger partial charge in [-0.15, -0.1) is 0 Å². The topological polar surface area (TPSA) is 43.8 Å². The zero-order valence-corrected chi connectivity index (χ0v) is 7.58. The number of nitrogens with zero attached hydrogens (tertiary/aromatic N) is 2. The molecule has 1 rings (SSSR count). The summed E-state index contributed by atoms with van der Waals surface area (Å²) in [6, 6.07) is 0. The van der Waals surface area contributed by atoms with E-state index in [1.165, 1.54) is 6.20 Å². The minimum Gasteiger partial charge on any atom is -0.323 e. The summed E-state index contributed by atoms with van der Waals surface area (Å²) in [4.78, 5) is 0. The van der Waals surface area contributed by atoms with Crippen LogP contribution in [0.1, 0.15) is 25.6 Å². The lowest BCUT2D eigenvalue weighted by Gasteiger charge is -2.22. The quantitative estimate of drug-likeness (QED) is 0.725. The van der Waals surface area contributed by atoms with Gasteiger partial charge in [-0.25, -0.2) is 4.39 Å². The SMILES string of the molecule is Cn1cc(C(F)C(C)(C)N)cn1. The molecule has 4 heteroatoms. The highest BCUT2D eigenvalue weighted by atomic mass is 19.1. The Bertz CT molecular complexity index is 262. The molecule has 0 spiro atoms. The average Bonchev–Trinajstić information content (AvgIpc) is 2.32. The number of hydrogen-bond donors (Lipinski definition) is 1. The molecule has 2 N–H and O–H groups in total. The van der Waals surface area contributed by atoms with Crippen LogP contribution in [0.4, 0.5) is 4.39 Å². The molecule has 0 saturated carbocycles. The summed E-state index contributed by atoms with van der Waals surface area (Å²) in [6.45, 7) is 3.31. The molecule has 0 fully saturated rings. The number of aromatic nitrogens is 2. The van der Waals surface area contributed by atoms with E-state index in [2.05, 4.69) is 5.10 Å². The van der Waals surface area contributed by atoms with E-state index in [1.54, 1.807) is 31.8 Å². The Kier molecular flexibility index (Phi) is 2.19. The van der Waals surface area contributed by atoms with Crippen molar-refractivity contribution < 1.29 is 4.39 Å². The van der Waals surface area contributed by atoms with Gasteiger partial charge in [0.1, 0.15) is 6.17 Å². The molecule has 0 aromatic carbocycles. The summed E-state index contributed by atoms with van der Waals surface area (Å²) in [7, 11) is 1.75. The zero-order valence-electron chi connectivity index (χ0n) is 7.58. The van der Waals surface area contributed by atoms with E-state index in [4.69, 9.17) is 5.73 Å². The highest BCUT2D eigenvalue weighted by molar-refractivity contribution is 5.12. The van der Waals surface area contributed by atoms with E-state index in [1.807, 2.05) is 0 Å². The van der Waals surface area contributed by atoms with Crippen molar-refractivity contribution in [2.24, 2.45) is 12.8 Å². The lowest BCUT2D eigenvalue weighted by molar-refractivity contribution is 0.223. The number of nitrogens with two attached hydrogens (primary N) is 1. The van der Waals surface area contributed by atoms with Gasteiger partial charge in [0.05, 0.1) is 6.20 Å². The van der Waals surface area contributed by atoms with Crippen molar-refractivity contribution in [1.82, 2.24) is 9.78 Å². The molecule has 0 aliphatic carbocycles. The summed E-state index contributed by atoms with van der Waals surface area (Å²) in [6.07, 6.45) is 1.98. The van der Waals surface area contributed by atoms with Crippen molar-refractivity contribution in [3.8, 4) is 0 Å². The lowest BCUT2D eigenvalue weighted by atomic mass is 9.96. The maximum Gasteiger partial charge on any atom is 0.145 e. The minimum atomic E-state index is -1.16. The standard InChI is InChI=1S/C8H14FN3/c1-8(2,10)7(9)6-4-11-12(3)5-6/h4-5,7H,10H2,1-3H3. The third-order valence-corrected chi connectivity index (χ3v) is 1.67. The summed E-state index contributed by atoms with van der Waals surface area (Å²) in [5, 5.41) is 3.87. The van der Waals surface area contributed by atoms with Gasteiger partial charge in [-0.3, -0.25) is 4.68 Å². The number of alkyl halides is 1. The van der Waals surface area contributed by atoms with E-state index in [9.17, 15) is 4.39 Å². The molecule has 3 nitrogen and oxygen atoms in total. The fourth-order valence-electron chi connectivity index (χ4n) is 1.00. The predicted molar refractivity (Wildman–Crippen MR) is 45.3 cm³/mol. The second-order valence-corrected chi connectivity index (χ2v) is 3.63. The summed E-state index contributed by atoms with van der Waals surface area (Å²) >= 11 is 0. The summed E-state index contributed by atoms with van der Waals surface area (Å²) in [5.74, 6) is 0. The third-order valence-electron chi connectivity index (χ3n) is 1.67. The van der Waals surface area contributed by atoms with Crippen LogP contribution in [0, 0.1) is 0 Å². The normalized spacial score (nSPS) is 14.8. The van der Waals surface area contributed by atoms with Gasteiger partial charge >= 0.3 is 0 Å². The van der Waals surface area contributed by atoms with Crippen LogP contribution in [0.25, 0.3) is 0 Å². The van der Waals surface area contributed by atoms with E-state index in [-0.39, 0.29) is 0 Å². The molecule has 0 aliphatic rings. The first kappa shape index (κ1) is 9.19. The smallest absolute Gasteiger partial charge is 0.145 e. The van der Waals surface area contributed by atoms with Gasteiger partial charge in [0, 0.05) is 24.3 Å². The Labute approximate surface area is 71.4 Å². The Morgan fingerprint density at radius 2 is 2.25 bits per heavy atom. The molecule has 1 aromatic heterocycles. The molecule has 1 unspecified atom stereocenters. The second-order valence-electron chi connectivity index (χ2n) is 3.63. The average molecular weight is 171 g/mol. The number of hydrogen-bond acceptors (Lipinski definition) is 2. The van der Waals surface area contributed by atoms with Crippen LogP contribution in [-0.4, -0.2) is 15.3 Å². The number of halogens is 1. The van der Waals surface area contributed by atoms with Crippen molar-refractivity contribution in [1.29, 1.82) is 0 Å². The van der Waals surface area contributed by atoms with Gasteiger partial charge in [0.15, 0.2) is 0 Å². The van der Waals surface area contributed by atoms with Gasteiger partial charge in [0.2, 0.25) is 0 Å². The van der Waals surface area contributed by atoms with Crippen molar-refractivity contribution >= 4 is 0 Å². The van der Waals surface area contributed by atoms with E-state index in [0.29, 0.717) is 5.56 Å². The monoisotopic (exact) mass is 171 g/mol. The molecule has 1 atom stereocenters.